The second-order valence-corrected chi connectivity index (χ2v) is 8.49. The molecular weight excluding hydrogens is 284 g/mol. The average Bonchev–Trinajstić information content (AvgIpc) is 2.90. The lowest BCUT2D eigenvalue weighted by Crippen LogP contribution is -2.47. The van der Waals surface area contributed by atoms with E-state index in [0.29, 0.717) is 11.3 Å². The Labute approximate surface area is 140 Å². The first-order valence-electron chi connectivity index (χ1n) is 8.94. The molecule has 2 fully saturated rings. The van der Waals surface area contributed by atoms with Gasteiger partial charge in [0, 0.05) is 31.6 Å². The number of piperidine rings is 1. The van der Waals surface area contributed by atoms with E-state index in [2.05, 4.69) is 40.1 Å². The van der Waals surface area contributed by atoms with Gasteiger partial charge in [-0.1, -0.05) is 51.1 Å². The quantitative estimate of drug-likeness (QED) is 0.833. The molecule has 1 aromatic rings. The van der Waals surface area contributed by atoms with Crippen LogP contribution in [0, 0.1) is 10.8 Å². The lowest BCUT2D eigenvalue weighted by Gasteiger charge is -2.41. The van der Waals surface area contributed by atoms with Gasteiger partial charge in [0.25, 0.3) is 0 Å². The van der Waals surface area contributed by atoms with E-state index < -0.39 is 0 Å². The van der Waals surface area contributed by atoms with E-state index >= 15 is 0 Å². The van der Waals surface area contributed by atoms with Gasteiger partial charge in [0.1, 0.15) is 0 Å². The molecule has 0 unspecified atom stereocenters. The molecule has 0 aliphatic carbocycles. The molecule has 2 saturated heterocycles. The van der Waals surface area contributed by atoms with Gasteiger partial charge in [-0.2, -0.15) is 0 Å². The van der Waals surface area contributed by atoms with Crippen molar-refractivity contribution >= 4 is 5.91 Å². The molecule has 23 heavy (non-hydrogen) atoms. The van der Waals surface area contributed by atoms with Crippen LogP contribution in [-0.2, 0) is 11.3 Å². The molecule has 0 aromatic heterocycles. The molecule has 1 aromatic carbocycles. The van der Waals surface area contributed by atoms with Gasteiger partial charge in [0.2, 0.25) is 5.91 Å². The van der Waals surface area contributed by atoms with Gasteiger partial charge < -0.3 is 4.90 Å². The zero-order valence-corrected chi connectivity index (χ0v) is 14.8. The van der Waals surface area contributed by atoms with Crippen molar-refractivity contribution in [3.63, 3.8) is 0 Å². The smallest absolute Gasteiger partial charge is 0.227 e. The van der Waals surface area contributed by atoms with Gasteiger partial charge in [-0.05, 0) is 36.8 Å². The number of amides is 1. The van der Waals surface area contributed by atoms with Crippen molar-refractivity contribution in [1.82, 2.24) is 9.80 Å². The number of carbonyl (C=O) groups excluding carboxylic acids is 1. The van der Waals surface area contributed by atoms with E-state index in [1.807, 2.05) is 20.8 Å². The number of hydrogen-bond donors (Lipinski definition) is 0. The minimum atomic E-state index is -0.250. The maximum absolute atomic E-state index is 12.4. The summed E-state index contributed by atoms with van der Waals surface area (Å²) in [5, 5.41) is 0. The fourth-order valence-electron chi connectivity index (χ4n) is 4.07. The molecule has 0 saturated carbocycles. The van der Waals surface area contributed by atoms with Crippen LogP contribution in [0.15, 0.2) is 30.3 Å². The Morgan fingerprint density at radius 2 is 1.65 bits per heavy atom. The van der Waals surface area contributed by atoms with Crippen molar-refractivity contribution in [1.29, 1.82) is 0 Å². The third-order valence-corrected chi connectivity index (χ3v) is 5.52. The first-order valence-corrected chi connectivity index (χ1v) is 8.94. The van der Waals surface area contributed by atoms with E-state index in [1.165, 1.54) is 37.9 Å². The van der Waals surface area contributed by atoms with Crippen LogP contribution in [0.25, 0.3) is 0 Å². The zero-order valence-electron chi connectivity index (χ0n) is 14.8. The Balaban J connectivity index is 1.54. The molecule has 3 heteroatoms. The van der Waals surface area contributed by atoms with E-state index in [4.69, 9.17) is 0 Å². The summed E-state index contributed by atoms with van der Waals surface area (Å²) in [4.78, 5) is 17.1. The highest BCUT2D eigenvalue weighted by Gasteiger charge is 2.42. The summed E-state index contributed by atoms with van der Waals surface area (Å²) in [6.45, 7) is 11.4. The molecule has 0 atom stereocenters. The molecule has 0 bridgehead atoms. The maximum atomic E-state index is 12.4. The molecular formula is C20H30N2O. The molecule has 0 N–H and O–H groups in total. The predicted molar refractivity (Wildman–Crippen MR) is 94.0 cm³/mol. The molecule has 2 aliphatic heterocycles. The minimum Gasteiger partial charge on any atom is -0.342 e. The lowest BCUT2D eigenvalue weighted by molar-refractivity contribution is -0.141. The van der Waals surface area contributed by atoms with Gasteiger partial charge >= 0.3 is 0 Å². The molecule has 126 valence electrons. The van der Waals surface area contributed by atoms with Crippen LogP contribution < -0.4 is 0 Å². The topological polar surface area (TPSA) is 23.6 Å². The van der Waals surface area contributed by atoms with Crippen molar-refractivity contribution in [3.05, 3.63) is 35.9 Å². The van der Waals surface area contributed by atoms with Crippen molar-refractivity contribution in [3.8, 4) is 0 Å². The van der Waals surface area contributed by atoms with E-state index in [0.717, 1.165) is 19.6 Å². The van der Waals surface area contributed by atoms with Gasteiger partial charge in [-0.15, -0.1) is 0 Å². The van der Waals surface area contributed by atoms with E-state index in [1.54, 1.807) is 0 Å². The van der Waals surface area contributed by atoms with Gasteiger partial charge in [-0.3, -0.25) is 9.69 Å². The van der Waals surface area contributed by atoms with Crippen LogP contribution in [0.2, 0.25) is 0 Å². The Morgan fingerprint density at radius 3 is 2.26 bits per heavy atom. The molecule has 2 aliphatic rings. The third-order valence-electron chi connectivity index (χ3n) is 5.52. The summed E-state index contributed by atoms with van der Waals surface area (Å²) < 4.78 is 0. The summed E-state index contributed by atoms with van der Waals surface area (Å²) in [6, 6.07) is 10.8. The van der Waals surface area contributed by atoms with Gasteiger partial charge in [0.05, 0.1) is 0 Å². The molecule has 3 rings (SSSR count). The van der Waals surface area contributed by atoms with Crippen LogP contribution in [0.1, 0.15) is 45.6 Å². The first kappa shape index (κ1) is 16.5. The Hall–Kier alpha value is -1.35. The number of hydrogen-bond acceptors (Lipinski definition) is 2. The second-order valence-electron chi connectivity index (χ2n) is 8.49. The number of likely N-dealkylation sites (tertiary alicyclic amines) is 2. The van der Waals surface area contributed by atoms with Gasteiger partial charge in [-0.25, -0.2) is 0 Å². The number of benzene rings is 1. The SMILES string of the molecule is CC(C)(C)C(=O)N1CCC2(CCN(Cc3ccccc3)C2)CC1. The first-order chi connectivity index (χ1) is 10.9. The lowest BCUT2D eigenvalue weighted by atomic mass is 9.77. The zero-order chi connectivity index (χ0) is 16.5. The Kier molecular flexibility index (Phi) is 4.50. The van der Waals surface area contributed by atoms with Crippen LogP contribution in [0.5, 0.6) is 0 Å². The Morgan fingerprint density at radius 1 is 1.04 bits per heavy atom. The van der Waals surface area contributed by atoms with E-state index in [-0.39, 0.29) is 5.41 Å². The van der Waals surface area contributed by atoms with Crippen LogP contribution in [0.3, 0.4) is 0 Å². The van der Waals surface area contributed by atoms with Gasteiger partial charge in [0.15, 0.2) is 0 Å². The van der Waals surface area contributed by atoms with Crippen molar-refractivity contribution in [2.45, 2.75) is 46.6 Å². The predicted octanol–water partition coefficient (Wildman–Crippen LogP) is 3.55. The summed E-state index contributed by atoms with van der Waals surface area (Å²) in [5.74, 6) is 0.312. The number of carbonyl (C=O) groups is 1. The van der Waals surface area contributed by atoms with E-state index in [9.17, 15) is 4.79 Å². The average molecular weight is 314 g/mol. The van der Waals surface area contributed by atoms with Crippen LogP contribution in [0.4, 0.5) is 0 Å². The largest absolute Gasteiger partial charge is 0.342 e. The van der Waals surface area contributed by atoms with Crippen molar-refractivity contribution in [2.24, 2.45) is 10.8 Å². The molecule has 1 spiro atoms. The number of nitrogens with zero attached hydrogens (tertiary/aromatic N) is 2. The van der Waals surface area contributed by atoms with Crippen molar-refractivity contribution < 1.29 is 4.79 Å². The number of rotatable bonds is 2. The van der Waals surface area contributed by atoms with Crippen LogP contribution >= 0.6 is 0 Å². The fourth-order valence-corrected chi connectivity index (χ4v) is 4.07. The third kappa shape index (κ3) is 3.77. The normalized spacial score (nSPS) is 21.8. The highest BCUT2D eigenvalue weighted by Crippen LogP contribution is 2.41. The summed E-state index contributed by atoms with van der Waals surface area (Å²) >= 11 is 0. The highest BCUT2D eigenvalue weighted by atomic mass is 16.2. The summed E-state index contributed by atoms with van der Waals surface area (Å²) in [6.07, 6.45) is 3.62. The van der Waals surface area contributed by atoms with Crippen LogP contribution in [-0.4, -0.2) is 41.9 Å². The molecule has 3 nitrogen and oxygen atoms in total. The van der Waals surface area contributed by atoms with Crippen molar-refractivity contribution in [2.75, 3.05) is 26.2 Å². The standard InChI is InChI=1S/C20H30N2O/c1-19(2,3)18(23)22-13-10-20(11-14-22)9-12-21(16-20)15-17-7-5-4-6-8-17/h4-8H,9-16H2,1-3H3. The monoisotopic (exact) mass is 314 g/mol. The summed E-state index contributed by atoms with van der Waals surface area (Å²) in [7, 11) is 0. The fraction of sp³-hybridized carbons (Fsp3) is 0.650. The minimum absolute atomic E-state index is 0.250. The highest BCUT2D eigenvalue weighted by molar-refractivity contribution is 5.81. The Bertz CT molecular complexity index is 539. The maximum Gasteiger partial charge on any atom is 0.227 e. The second kappa shape index (κ2) is 6.27. The molecule has 2 heterocycles. The summed E-state index contributed by atoms with van der Waals surface area (Å²) in [5.41, 5.74) is 1.60. The molecule has 1 amide bonds. The molecule has 0 radical (unpaired) electrons.